The average molecular weight is 269 g/mol. The summed E-state index contributed by atoms with van der Waals surface area (Å²) in [5.41, 5.74) is 0. The summed E-state index contributed by atoms with van der Waals surface area (Å²) in [4.78, 5) is 10.1. The lowest BCUT2D eigenvalue weighted by molar-refractivity contribution is 1.08. The fourth-order valence-corrected chi connectivity index (χ4v) is 2.82. The van der Waals surface area contributed by atoms with E-state index in [1.165, 1.54) is 10.3 Å². The number of pyridine rings is 1. The van der Waals surface area contributed by atoms with Gasteiger partial charge >= 0.3 is 0 Å². The summed E-state index contributed by atoms with van der Waals surface area (Å²) < 4.78 is 0. The molecule has 3 aromatic rings. The molecule has 0 aliphatic rings. The normalized spacial score (nSPS) is 10.8. The Morgan fingerprint density at radius 2 is 2.05 bits per heavy atom. The van der Waals surface area contributed by atoms with Crippen LogP contribution in [0.5, 0.6) is 0 Å². The lowest BCUT2D eigenvalue weighted by Crippen LogP contribution is -2.01. The van der Waals surface area contributed by atoms with Gasteiger partial charge in [0.05, 0.1) is 6.54 Å². The Balaban J connectivity index is 1.81. The molecule has 0 aliphatic heterocycles. The zero-order chi connectivity index (χ0) is 13.1. The Morgan fingerprint density at radius 1 is 1.16 bits per heavy atom. The minimum atomic E-state index is 0.728. The lowest BCUT2D eigenvalue weighted by Gasteiger charge is -2.06. The van der Waals surface area contributed by atoms with Gasteiger partial charge in [0.15, 0.2) is 0 Å². The minimum absolute atomic E-state index is 0.728. The quantitative estimate of drug-likeness (QED) is 0.781. The van der Waals surface area contributed by atoms with Crippen LogP contribution in [-0.2, 0) is 13.0 Å². The third kappa shape index (κ3) is 2.58. The van der Waals surface area contributed by atoms with Crippen LogP contribution in [0.25, 0.3) is 10.8 Å². The van der Waals surface area contributed by atoms with E-state index in [2.05, 4.69) is 34.3 Å². The van der Waals surface area contributed by atoms with Crippen molar-refractivity contribution in [2.24, 2.45) is 0 Å². The van der Waals surface area contributed by atoms with Crippen LogP contribution in [0, 0.1) is 0 Å². The van der Waals surface area contributed by atoms with Gasteiger partial charge in [-0.2, -0.15) is 0 Å². The molecule has 3 rings (SSSR count). The van der Waals surface area contributed by atoms with E-state index in [1.54, 1.807) is 11.3 Å². The number of fused-ring (bicyclic) bond motifs is 1. The Hall–Kier alpha value is -1.94. The van der Waals surface area contributed by atoms with Crippen LogP contribution in [-0.4, -0.2) is 9.97 Å². The predicted octanol–water partition coefficient (Wildman–Crippen LogP) is 3.87. The van der Waals surface area contributed by atoms with E-state index in [4.69, 9.17) is 0 Å². The zero-order valence-corrected chi connectivity index (χ0v) is 11.6. The summed E-state index contributed by atoms with van der Waals surface area (Å²) in [6.07, 6.45) is 4.84. The summed E-state index contributed by atoms with van der Waals surface area (Å²) in [7, 11) is 0. The highest BCUT2D eigenvalue weighted by Gasteiger charge is 2.04. The second-order valence-electron chi connectivity index (χ2n) is 4.31. The first-order valence-electron chi connectivity index (χ1n) is 6.38. The molecule has 0 bridgehead atoms. The molecule has 2 heterocycles. The second kappa shape index (κ2) is 5.36. The Bertz CT molecular complexity index is 685. The Labute approximate surface area is 116 Å². The second-order valence-corrected chi connectivity index (χ2v) is 5.51. The highest BCUT2D eigenvalue weighted by Crippen LogP contribution is 2.21. The van der Waals surface area contributed by atoms with Crippen molar-refractivity contribution in [3.63, 3.8) is 0 Å². The molecule has 0 amide bonds. The predicted molar refractivity (Wildman–Crippen MR) is 80.6 cm³/mol. The highest BCUT2D eigenvalue weighted by molar-refractivity contribution is 7.11. The van der Waals surface area contributed by atoms with Gasteiger partial charge in [0.1, 0.15) is 10.8 Å². The summed E-state index contributed by atoms with van der Waals surface area (Å²) in [5, 5.41) is 6.83. The van der Waals surface area contributed by atoms with Crippen LogP contribution in [0.4, 0.5) is 5.82 Å². The number of hydrogen-bond acceptors (Lipinski definition) is 4. The first kappa shape index (κ1) is 12.1. The van der Waals surface area contributed by atoms with Crippen molar-refractivity contribution in [1.29, 1.82) is 0 Å². The van der Waals surface area contributed by atoms with E-state index in [9.17, 15) is 0 Å². The summed E-state index contributed by atoms with van der Waals surface area (Å²) in [6, 6.07) is 10.3. The first-order valence-corrected chi connectivity index (χ1v) is 7.19. The molecule has 0 fully saturated rings. The van der Waals surface area contributed by atoms with Crippen LogP contribution in [0.3, 0.4) is 0 Å². The first-order chi connectivity index (χ1) is 9.36. The van der Waals surface area contributed by atoms with Crippen molar-refractivity contribution in [2.75, 3.05) is 5.32 Å². The highest BCUT2D eigenvalue weighted by atomic mass is 32.1. The number of rotatable bonds is 4. The molecule has 0 spiro atoms. The molecule has 19 heavy (non-hydrogen) atoms. The average Bonchev–Trinajstić information content (AvgIpc) is 2.93. The van der Waals surface area contributed by atoms with E-state index >= 15 is 0 Å². The number of thiazole rings is 1. The Morgan fingerprint density at radius 3 is 2.89 bits per heavy atom. The number of hydrogen-bond donors (Lipinski definition) is 1. The summed E-state index contributed by atoms with van der Waals surface area (Å²) in [6.45, 7) is 2.88. The van der Waals surface area contributed by atoms with E-state index in [0.29, 0.717) is 0 Å². The largest absolute Gasteiger partial charge is 0.363 e. The van der Waals surface area contributed by atoms with E-state index in [-0.39, 0.29) is 0 Å². The summed E-state index contributed by atoms with van der Waals surface area (Å²) in [5.74, 6) is 0.923. The lowest BCUT2D eigenvalue weighted by atomic mass is 10.1. The van der Waals surface area contributed by atoms with Crippen molar-refractivity contribution in [2.45, 2.75) is 19.9 Å². The van der Waals surface area contributed by atoms with Crippen molar-refractivity contribution in [3.05, 3.63) is 52.6 Å². The third-order valence-electron chi connectivity index (χ3n) is 3.03. The monoisotopic (exact) mass is 269 g/mol. The van der Waals surface area contributed by atoms with E-state index < -0.39 is 0 Å². The number of aryl methyl sites for hydroxylation is 1. The maximum Gasteiger partial charge on any atom is 0.134 e. The molecular formula is C15H15N3S. The third-order valence-corrected chi connectivity index (χ3v) is 4.17. The number of anilines is 1. The van der Waals surface area contributed by atoms with Crippen molar-refractivity contribution in [3.8, 4) is 0 Å². The van der Waals surface area contributed by atoms with Crippen molar-refractivity contribution in [1.82, 2.24) is 9.97 Å². The van der Waals surface area contributed by atoms with E-state index in [1.807, 2.05) is 30.6 Å². The van der Waals surface area contributed by atoms with Crippen LogP contribution < -0.4 is 5.32 Å². The van der Waals surface area contributed by atoms with Gasteiger partial charge < -0.3 is 5.32 Å². The van der Waals surface area contributed by atoms with Crippen molar-refractivity contribution < 1.29 is 0 Å². The molecule has 1 aromatic carbocycles. The van der Waals surface area contributed by atoms with Gasteiger partial charge in [-0.05, 0) is 17.9 Å². The topological polar surface area (TPSA) is 37.8 Å². The molecule has 0 aliphatic carbocycles. The maximum atomic E-state index is 4.41. The number of nitrogens with zero attached hydrogens (tertiary/aromatic N) is 2. The summed E-state index contributed by atoms with van der Waals surface area (Å²) >= 11 is 1.76. The molecule has 2 aromatic heterocycles. The molecule has 0 saturated heterocycles. The van der Waals surface area contributed by atoms with Crippen LogP contribution in [0.1, 0.15) is 16.8 Å². The van der Waals surface area contributed by atoms with Gasteiger partial charge in [-0.1, -0.05) is 31.2 Å². The van der Waals surface area contributed by atoms with Gasteiger partial charge in [0, 0.05) is 22.7 Å². The fraction of sp³-hybridized carbons (Fsp3) is 0.200. The molecular weight excluding hydrogens is 254 g/mol. The van der Waals surface area contributed by atoms with Gasteiger partial charge in [0.25, 0.3) is 0 Å². The number of aromatic nitrogens is 2. The Kier molecular flexibility index (Phi) is 3.42. The van der Waals surface area contributed by atoms with E-state index in [0.717, 1.165) is 29.2 Å². The van der Waals surface area contributed by atoms with Crippen molar-refractivity contribution >= 4 is 27.9 Å². The van der Waals surface area contributed by atoms with Gasteiger partial charge in [-0.3, -0.25) is 0 Å². The maximum absolute atomic E-state index is 4.41. The molecule has 1 N–H and O–H groups in total. The number of nitrogens with one attached hydrogen (secondary N) is 1. The van der Waals surface area contributed by atoms with Crippen LogP contribution >= 0.6 is 11.3 Å². The molecule has 3 nitrogen and oxygen atoms in total. The molecule has 0 unspecified atom stereocenters. The fourth-order valence-electron chi connectivity index (χ4n) is 2.01. The van der Waals surface area contributed by atoms with Gasteiger partial charge in [-0.15, -0.1) is 11.3 Å². The molecule has 0 atom stereocenters. The SMILES string of the molecule is CCc1cnc(CNc2nccc3ccccc23)s1. The number of benzene rings is 1. The molecule has 96 valence electrons. The van der Waals surface area contributed by atoms with Crippen LogP contribution in [0.15, 0.2) is 42.7 Å². The smallest absolute Gasteiger partial charge is 0.134 e. The molecule has 4 heteroatoms. The minimum Gasteiger partial charge on any atom is -0.363 e. The van der Waals surface area contributed by atoms with Crippen LogP contribution in [0.2, 0.25) is 0 Å². The molecule has 0 radical (unpaired) electrons. The van der Waals surface area contributed by atoms with Gasteiger partial charge in [-0.25, -0.2) is 9.97 Å². The molecule has 0 saturated carbocycles. The zero-order valence-electron chi connectivity index (χ0n) is 10.8. The standard InChI is InChI=1S/C15H15N3S/c1-2-12-9-17-14(19-12)10-18-15-13-6-4-3-5-11(13)7-8-16-15/h3-9H,2,10H2,1H3,(H,16,18). The van der Waals surface area contributed by atoms with Gasteiger partial charge in [0.2, 0.25) is 0 Å².